The maximum absolute atomic E-state index is 5.63. The number of nitrogens with zero attached hydrogens (tertiary/aromatic N) is 2. The lowest BCUT2D eigenvalue weighted by atomic mass is 10.2. The Hall–Kier alpha value is -1.35. The van der Waals surface area contributed by atoms with Crippen molar-refractivity contribution in [1.82, 2.24) is 9.88 Å². The highest BCUT2D eigenvalue weighted by molar-refractivity contribution is 5.64. The quantitative estimate of drug-likeness (QED) is 0.755. The Balaban J connectivity index is 2.77. The summed E-state index contributed by atoms with van der Waals surface area (Å²) in [6.07, 6.45) is 1.70. The molecule has 0 aliphatic heterocycles. The topological polar surface area (TPSA) is 42.1 Å². The van der Waals surface area contributed by atoms with Gasteiger partial charge in [-0.3, -0.25) is 4.98 Å². The number of nitrogen functional groups attached to an aromatic ring is 1. The molecule has 0 amide bonds. The zero-order valence-electron chi connectivity index (χ0n) is 8.12. The molecule has 3 heteroatoms. The Morgan fingerprint density at radius 3 is 2.85 bits per heavy atom. The van der Waals surface area contributed by atoms with Crippen LogP contribution >= 0.6 is 0 Å². The summed E-state index contributed by atoms with van der Waals surface area (Å²) >= 11 is 0. The van der Waals surface area contributed by atoms with Gasteiger partial charge in [-0.2, -0.15) is 0 Å². The van der Waals surface area contributed by atoms with Gasteiger partial charge in [0.25, 0.3) is 0 Å². The summed E-state index contributed by atoms with van der Waals surface area (Å²) < 4.78 is 0. The van der Waals surface area contributed by atoms with E-state index in [1.54, 1.807) is 12.3 Å². The Kier molecular flexibility index (Phi) is 3.03. The predicted molar refractivity (Wildman–Crippen MR) is 56.2 cm³/mol. The molecule has 1 heterocycles. The van der Waals surface area contributed by atoms with E-state index < -0.39 is 0 Å². The van der Waals surface area contributed by atoms with E-state index in [0.29, 0.717) is 0 Å². The Bertz CT molecular complexity index is 305. The highest BCUT2D eigenvalue weighted by Crippen LogP contribution is 2.12. The molecule has 0 radical (unpaired) electrons. The molecule has 0 bridgehead atoms. The van der Waals surface area contributed by atoms with Gasteiger partial charge in [0.1, 0.15) is 0 Å². The summed E-state index contributed by atoms with van der Waals surface area (Å²) in [5.74, 6) is 0. The fourth-order valence-electron chi connectivity index (χ4n) is 1.10. The number of hydrogen-bond donors (Lipinski definition) is 1. The highest BCUT2D eigenvalue weighted by atomic mass is 15.1. The third-order valence-corrected chi connectivity index (χ3v) is 1.65. The van der Waals surface area contributed by atoms with Crippen LogP contribution in [0.5, 0.6) is 0 Å². The fraction of sp³-hybridized carbons (Fsp3) is 0.300. The number of likely N-dealkylation sites (N-methyl/N-ethyl adjacent to an activating group) is 1. The van der Waals surface area contributed by atoms with Gasteiger partial charge in [0.15, 0.2) is 0 Å². The van der Waals surface area contributed by atoms with Gasteiger partial charge in [0.2, 0.25) is 0 Å². The van der Waals surface area contributed by atoms with Crippen LogP contribution in [0.1, 0.15) is 5.69 Å². The van der Waals surface area contributed by atoms with E-state index in [2.05, 4.69) is 11.6 Å². The molecule has 0 aliphatic rings. The van der Waals surface area contributed by atoms with E-state index in [9.17, 15) is 0 Å². The molecular weight excluding hydrogens is 162 g/mol. The van der Waals surface area contributed by atoms with E-state index in [0.717, 1.165) is 23.5 Å². The van der Waals surface area contributed by atoms with Crippen molar-refractivity contribution in [2.45, 2.75) is 0 Å². The Morgan fingerprint density at radius 1 is 1.62 bits per heavy atom. The van der Waals surface area contributed by atoms with Crippen molar-refractivity contribution in [3.05, 3.63) is 30.6 Å². The standard InChI is InChI=1S/C10H15N3/c1-8(7-13(2)3)10-6-9(11)4-5-12-10/h4-6H,1,7H2,2-3H3,(H2,11,12). The molecule has 0 saturated carbocycles. The van der Waals surface area contributed by atoms with E-state index in [4.69, 9.17) is 5.73 Å². The van der Waals surface area contributed by atoms with Crippen LogP contribution in [0.15, 0.2) is 24.9 Å². The number of aromatic nitrogens is 1. The smallest absolute Gasteiger partial charge is 0.0689 e. The first kappa shape index (κ1) is 9.74. The number of pyridine rings is 1. The molecule has 1 aromatic rings. The monoisotopic (exact) mass is 177 g/mol. The summed E-state index contributed by atoms with van der Waals surface area (Å²) in [5.41, 5.74) is 8.21. The van der Waals surface area contributed by atoms with Gasteiger partial charge >= 0.3 is 0 Å². The minimum atomic E-state index is 0.727. The van der Waals surface area contributed by atoms with Crippen molar-refractivity contribution in [3.8, 4) is 0 Å². The van der Waals surface area contributed by atoms with Crippen LogP contribution in [0.25, 0.3) is 5.57 Å². The van der Waals surface area contributed by atoms with Gasteiger partial charge in [-0.05, 0) is 31.8 Å². The van der Waals surface area contributed by atoms with Gasteiger partial charge in [0, 0.05) is 18.4 Å². The van der Waals surface area contributed by atoms with Crippen molar-refractivity contribution >= 4 is 11.3 Å². The van der Waals surface area contributed by atoms with Gasteiger partial charge < -0.3 is 10.6 Å². The van der Waals surface area contributed by atoms with Crippen LogP contribution in [0, 0.1) is 0 Å². The maximum atomic E-state index is 5.63. The van der Waals surface area contributed by atoms with Crippen LogP contribution in [-0.2, 0) is 0 Å². The van der Waals surface area contributed by atoms with Crippen LogP contribution in [-0.4, -0.2) is 30.5 Å². The average molecular weight is 177 g/mol. The molecular formula is C10H15N3. The van der Waals surface area contributed by atoms with Crippen molar-refractivity contribution < 1.29 is 0 Å². The first-order valence-corrected chi connectivity index (χ1v) is 4.14. The van der Waals surface area contributed by atoms with E-state index in [1.165, 1.54) is 0 Å². The fourth-order valence-corrected chi connectivity index (χ4v) is 1.10. The lowest BCUT2D eigenvalue weighted by molar-refractivity contribution is 0.463. The Morgan fingerprint density at radius 2 is 2.31 bits per heavy atom. The molecule has 1 aromatic heterocycles. The van der Waals surface area contributed by atoms with Crippen LogP contribution < -0.4 is 5.73 Å². The molecule has 1 rings (SSSR count). The zero-order valence-corrected chi connectivity index (χ0v) is 8.12. The summed E-state index contributed by atoms with van der Waals surface area (Å²) in [4.78, 5) is 6.24. The highest BCUT2D eigenvalue weighted by Gasteiger charge is 2.01. The molecule has 0 aromatic carbocycles. The molecule has 0 aliphatic carbocycles. The largest absolute Gasteiger partial charge is 0.399 e. The zero-order chi connectivity index (χ0) is 9.84. The minimum Gasteiger partial charge on any atom is -0.399 e. The van der Waals surface area contributed by atoms with Crippen LogP contribution in [0.2, 0.25) is 0 Å². The molecule has 2 N–H and O–H groups in total. The van der Waals surface area contributed by atoms with Gasteiger partial charge in [0.05, 0.1) is 5.69 Å². The van der Waals surface area contributed by atoms with E-state index >= 15 is 0 Å². The molecule has 70 valence electrons. The van der Waals surface area contributed by atoms with Crippen molar-refractivity contribution in [3.63, 3.8) is 0 Å². The average Bonchev–Trinajstić information content (AvgIpc) is 2.03. The van der Waals surface area contributed by atoms with Crippen molar-refractivity contribution in [2.24, 2.45) is 0 Å². The third kappa shape index (κ3) is 2.87. The molecule has 0 fully saturated rings. The summed E-state index contributed by atoms with van der Waals surface area (Å²) in [6.45, 7) is 4.75. The van der Waals surface area contributed by atoms with E-state index in [1.807, 2.05) is 25.1 Å². The van der Waals surface area contributed by atoms with Crippen molar-refractivity contribution in [1.29, 1.82) is 0 Å². The number of nitrogens with two attached hydrogens (primary N) is 1. The number of hydrogen-bond acceptors (Lipinski definition) is 3. The van der Waals surface area contributed by atoms with Gasteiger partial charge in [-0.15, -0.1) is 0 Å². The first-order valence-electron chi connectivity index (χ1n) is 4.14. The lowest BCUT2D eigenvalue weighted by Gasteiger charge is -2.11. The molecule has 0 spiro atoms. The molecule has 3 nitrogen and oxygen atoms in total. The first-order chi connectivity index (χ1) is 6.09. The summed E-state index contributed by atoms with van der Waals surface area (Å²) in [6, 6.07) is 3.61. The molecule has 13 heavy (non-hydrogen) atoms. The lowest BCUT2D eigenvalue weighted by Crippen LogP contribution is -2.14. The van der Waals surface area contributed by atoms with Gasteiger partial charge in [-0.25, -0.2) is 0 Å². The molecule has 0 unspecified atom stereocenters. The predicted octanol–water partition coefficient (Wildman–Crippen LogP) is 1.24. The maximum Gasteiger partial charge on any atom is 0.0689 e. The van der Waals surface area contributed by atoms with Crippen LogP contribution in [0.3, 0.4) is 0 Å². The number of anilines is 1. The SMILES string of the molecule is C=C(CN(C)C)c1cc(N)ccn1. The summed E-state index contributed by atoms with van der Waals surface area (Å²) in [7, 11) is 3.99. The number of rotatable bonds is 3. The minimum absolute atomic E-state index is 0.727. The second-order valence-corrected chi connectivity index (χ2v) is 3.32. The second kappa shape index (κ2) is 4.05. The molecule has 0 saturated heterocycles. The normalized spacial score (nSPS) is 10.4. The Labute approximate surface area is 78.9 Å². The molecule has 0 atom stereocenters. The summed E-state index contributed by atoms with van der Waals surface area (Å²) in [5, 5.41) is 0. The third-order valence-electron chi connectivity index (χ3n) is 1.65. The van der Waals surface area contributed by atoms with Crippen LogP contribution in [0.4, 0.5) is 5.69 Å². The second-order valence-electron chi connectivity index (χ2n) is 3.32. The van der Waals surface area contributed by atoms with Gasteiger partial charge in [-0.1, -0.05) is 6.58 Å². The van der Waals surface area contributed by atoms with E-state index in [-0.39, 0.29) is 0 Å². The van der Waals surface area contributed by atoms with Crippen molar-refractivity contribution in [2.75, 3.05) is 26.4 Å².